The summed E-state index contributed by atoms with van der Waals surface area (Å²) < 4.78 is 26.0. The average molecular weight is 466 g/mol. The Morgan fingerprint density at radius 2 is 1.70 bits per heavy atom. The first-order chi connectivity index (χ1) is 15.9. The molecule has 1 aliphatic rings. The van der Waals surface area contributed by atoms with E-state index in [9.17, 15) is 15.0 Å². The molecule has 0 aliphatic carbocycles. The molecule has 0 saturated carbocycles. The van der Waals surface area contributed by atoms with Gasteiger partial charge in [-0.25, -0.2) is 4.79 Å². The zero-order chi connectivity index (χ0) is 24.4. The lowest BCUT2D eigenvalue weighted by Gasteiger charge is -2.35. The summed E-state index contributed by atoms with van der Waals surface area (Å²) >= 11 is 0. The lowest BCUT2D eigenvalue weighted by Crippen LogP contribution is -2.50. The van der Waals surface area contributed by atoms with Crippen LogP contribution in [0.25, 0.3) is 0 Å². The van der Waals surface area contributed by atoms with Crippen molar-refractivity contribution in [2.24, 2.45) is 0 Å². The highest BCUT2D eigenvalue weighted by Gasteiger charge is 2.36. The number of hydrogen-bond acceptors (Lipinski definition) is 9. The highest BCUT2D eigenvalue weighted by molar-refractivity contribution is 5.92. The number of aromatic carboxylic acids is 1. The number of rotatable bonds is 8. The van der Waals surface area contributed by atoms with E-state index in [4.69, 9.17) is 33.9 Å². The van der Waals surface area contributed by atoms with E-state index in [0.29, 0.717) is 12.4 Å². The number of carboxylic acid groups (broad SMARTS) is 1. The van der Waals surface area contributed by atoms with Crippen LogP contribution in [0, 0.1) is 0 Å². The van der Waals surface area contributed by atoms with Crippen LogP contribution in [0.1, 0.15) is 22.3 Å². The number of carboxylic acids is 1. The topological polar surface area (TPSA) is 144 Å². The molecule has 4 atom stereocenters. The third kappa shape index (κ3) is 7.04. The lowest BCUT2D eigenvalue weighted by atomic mass is 10.0. The van der Waals surface area contributed by atoms with Crippen molar-refractivity contribution in [2.75, 3.05) is 27.9 Å². The zero-order valence-corrected chi connectivity index (χ0v) is 18.7. The summed E-state index contributed by atoms with van der Waals surface area (Å²) in [5.41, 5.74) is 1.03. The molecule has 10 nitrogen and oxygen atoms in total. The molecule has 1 aliphatic heterocycles. The predicted molar refractivity (Wildman–Crippen MR) is 117 cm³/mol. The molecular weight excluding hydrogens is 436 g/mol. The molecule has 0 radical (unpaired) electrons. The Morgan fingerprint density at radius 1 is 1.03 bits per heavy atom. The van der Waals surface area contributed by atoms with E-state index in [1.54, 1.807) is 6.07 Å². The number of hydrogen-bond donors (Lipinski definition) is 4. The van der Waals surface area contributed by atoms with Gasteiger partial charge in [0.25, 0.3) is 0 Å². The second kappa shape index (κ2) is 13.0. The van der Waals surface area contributed by atoms with Gasteiger partial charge in [-0.3, -0.25) is 0 Å². The van der Waals surface area contributed by atoms with Crippen molar-refractivity contribution in [2.45, 2.75) is 37.6 Å². The third-order valence-electron chi connectivity index (χ3n) is 4.93. The molecular formula is C23H30O10. The quantitative estimate of drug-likeness (QED) is 0.451. The van der Waals surface area contributed by atoms with Gasteiger partial charge in [0.15, 0.2) is 17.8 Å². The highest BCUT2D eigenvalue weighted by Crippen LogP contribution is 2.40. The first kappa shape index (κ1) is 26.4. The summed E-state index contributed by atoms with van der Waals surface area (Å²) in [6.07, 6.45) is -2.98. The van der Waals surface area contributed by atoms with E-state index >= 15 is 0 Å². The Bertz CT molecular complexity index is 873. The summed E-state index contributed by atoms with van der Waals surface area (Å²) in [5, 5.41) is 36.4. The molecule has 1 heterocycles. The smallest absolute Gasteiger partial charge is 0.339 e. The Kier molecular flexibility index (Phi) is 10.4. The molecule has 2 aromatic rings. The Balaban J connectivity index is 0.000000273. The van der Waals surface area contributed by atoms with Crippen LogP contribution in [0.4, 0.5) is 0 Å². The minimum absolute atomic E-state index is 0.0291. The standard InChI is InChI=1S/C16H16O5.C7H14O5/c1-19-14-12(16(17)18)8-9-13(15(14)20-2)21-10-11-6-4-3-5-7-11;1-11-6-2-4(9)7(10)5(3-8)12-6/h3-9H,10H2,1-2H3,(H,17,18);4-10H,2-3H2,1H3/t;4?,5?,6-,7-/m.0/s1. The summed E-state index contributed by atoms with van der Waals surface area (Å²) in [6, 6.07) is 12.6. The monoisotopic (exact) mass is 466 g/mol. The van der Waals surface area contributed by atoms with Crippen molar-refractivity contribution >= 4 is 5.97 Å². The largest absolute Gasteiger partial charge is 0.492 e. The van der Waals surface area contributed by atoms with Gasteiger partial charge in [-0.15, -0.1) is 0 Å². The van der Waals surface area contributed by atoms with Crippen molar-refractivity contribution in [3.05, 3.63) is 53.6 Å². The Labute approximate surface area is 191 Å². The summed E-state index contributed by atoms with van der Waals surface area (Å²) in [4.78, 5) is 11.2. The molecule has 0 aromatic heterocycles. The minimum Gasteiger partial charge on any atom is -0.492 e. The van der Waals surface area contributed by atoms with Gasteiger partial charge >= 0.3 is 5.97 Å². The summed E-state index contributed by atoms with van der Waals surface area (Å²) in [5.74, 6) is -0.230. The average Bonchev–Trinajstić information content (AvgIpc) is 2.84. The number of benzene rings is 2. The van der Waals surface area contributed by atoms with Crippen LogP contribution in [0.15, 0.2) is 42.5 Å². The minimum atomic E-state index is -1.08. The molecule has 1 fully saturated rings. The molecule has 4 N–H and O–H groups in total. The van der Waals surface area contributed by atoms with E-state index in [2.05, 4.69) is 0 Å². The van der Waals surface area contributed by atoms with E-state index in [0.717, 1.165) is 5.56 Å². The Hall–Kier alpha value is -2.89. The van der Waals surface area contributed by atoms with E-state index in [1.165, 1.54) is 27.4 Å². The second-order valence-electron chi connectivity index (χ2n) is 7.07. The van der Waals surface area contributed by atoms with Crippen LogP contribution < -0.4 is 14.2 Å². The molecule has 33 heavy (non-hydrogen) atoms. The first-order valence-corrected chi connectivity index (χ1v) is 10.2. The maximum absolute atomic E-state index is 11.2. The molecule has 10 heteroatoms. The molecule has 0 bridgehead atoms. The van der Waals surface area contributed by atoms with Gasteiger partial charge in [0.1, 0.15) is 24.4 Å². The van der Waals surface area contributed by atoms with Gasteiger partial charge in [-0.1, -0.05) is 30.3 Å². The van der Waals surface area contributed by atoms with Crippen LogP contribution >= 0.6 is 0 Å². The van der Waals surface area contributed by atoms with Crippen molar-refractivity contribution in [1.29, 1.82) is 0 Å². The predicted octanol–water partition coefficient (Wildman–Crippen LogP) is 1.44. The maximum atomic E-state index is 11.2. The lowest BCUT2D eigenvalue weighted by molar-refractivity contribution is -0.248. The van der Waals surface area contributed by atoms with Crippen LogP contribution in [-0.4, -0.2) is 78.9 Å². The van der Waals surface area contributed by atoms with Crippen LogP contribution in [-0.2, 0) is 16.1 Å². The van der Waals surface area contributed by atoms with E-state index < -0.39 is 30.6 Å². The summed E-state index contributed by atoms with van der Waals surface area (Å²) in [7, 11) is 4.29. The SMILES string of the molecule is CO[C@@H]1CC(O)[C@H](O)C(CO)O1.COc1c(OCc2ccccc2)ccc(C(=O)O)c1OC. The second-order valence-corrected chi connectivity index (χ2v) is 7.07. The van der Waals surface area contributed by atoms with Crippen LogP contribution in [0.2, 0.25) is 0 Å². The van der Waals surface area contributed by atoms with Gasteiger partial charge in [0.05, 0.1) is 26.9 Å². The molecule has 2 aromatic carbocycles. The number of carbonyl (C=O) groups is 1. The molecule has 0 amide bonds. The molecule has 182 valence electrons. The number of ether oxygens (including phenoxy) is 5. The highest BCUT2D eigenvalue weighted by atomic mass is 16.7. The van der Waals surface area contributed by atoms with Crippen molar-refractivity contribution < 1.29 is 48.9 Å². The van der Waals surface area contributed by atoms with E-state index in [-0.39, 0.29) is 30.1 Å². The maximum Gasteiger partial charge on any atom is 0.339 e. The van der Waals surface area contributed by atoms with Gasteiger partial charge in [-0.2, -0.15) is 0 Å². The molecule has 2 unspecified atom stereocenters. The zero-order valence-electron chi connectivity index (χ0n) is 18.7. The Morgan fingerprint density at radius 3 is 2.24 bits per heavy atom. The normalized spacial score (nSPS) is 22.0. The van der Waals surface area contributed by atoms with Crippen molar-refractivity contribution in [3.63, 3.8) is 0 Å². The van der Waals surface area contributed by atoms with Gasteiger partial charge < -0.3 is 44.1 Å². The van der Waals surface area contributed by atoms with E-state index in [1.807, 2.05) is 30.3 Å². The fourth-order valence-corrected chi connectivity index (χ4v) is 3.18. The van der Waals surface area contributed by atoms with Crippen molar-refractivity contribution in [3.8, 4) is 17.2 Å². The first-order valence-electron chi connectivity index (χ1n) is 10.2. The number of aliphatic hydroxyl groups excluding tert-OH is 3. The fraction of sp³-hybridized carbons (Fsp3) is 0.435. The van der Waals surface area contributed by atoms with Crippen molar-refractivity contribution in [1.82, 2.24) is 0 Å². The molecule has 0 spiro atoms. The van der Waals surface area contributed by atoms with Gasteiger partial charge in [-0.05, 0) is 17.7 Å². The van der Waals surface area contributed by atoms with Gasteiger partial charge in [0.2, 0.25) is 5.75 Å². The van der Waals surface area contributed by atoms with Gasteiger partial charge in [0, 0.05) is 13.5 Å². The number of aliphatic hydroxyl groups is 3. The summed E-state index contributed by atoms with van der Waals surface area (Å²) in [6.45, 7) is 0.0326. The van der Waals surface area contributed by atoms with Crippen LogP contribution in [0.5, 0.6) is 17.2 Å². The third-order valence-corrected chi connectivity index (χ3v) is 4.93. The molecule has 3 rings (SSSR count). The fourth-order valence-electron chi connectivity index (χ4n) is 3.18. The molecule has 1 saturated heterocycles. The number of methoxy groups -OCH3 is 3. The van der Waals surface area contributed by atoms with Crippen LogP contribution in [0.3, 0.4) is 0 Å².